The number of thioether (sulfide) groups is 1. The average molecular weight is 307 g/mol. The fraction of sp³-hybridized carbons (Fsp3) is 0.600. The van der Waals surface area contributed by atoms with Gasteiger partial charge in [0.15, 0.2) is 0 Å². The Morgan fingerprint density at radius 2 is 2.25 bits per heavy atom. The molecule has 0 bridgehead atoms. The zero-order valence-corrected chi connectivity index (χ0v) is 13.7. The van der Waals surface area contributed by atoms with Crippen LogP contribution >= 0.6 is 24.0 Å². The van der Waals surface area contributed by atoms with E-state index in [4.69, 9.17) is 22.9 Å². The smallest absolute Gasteiger partial charge is 0.139 e. The van der Waals surface area contributed by atoms with E-state index in [9.17, 15) is 0 Å². The summed E-state index contributed by atoms with van der Waals surface area (Å²) in [7, 11) is 0. The minimum atomic E-state index is 0.256. The maximum absolute atomic E-state index is 5.94. The number of pyridine rings is 1. The third-order valence-corrected chi connectivity index (χ3v) is 5.54. The predicted molar refractivity (Wildman–Crippen MR) is 90.9 cm³/mol. The summed E-state index contributed by atoms with van der Waals surface area (Å²) in [6.07, 6.45) is 3.40. The molecule has 1 aromatic rings. The van der Waals surface area contributed by atoms with Crippen molar-refractivity contribution < 1.29 is 0 Å². The molecule has 108 valence electrons. The van der Waals surface area contributed by atoms with Gasteiger partial charge in [-0.2, -0.15) is 11.8 Å². The van der Waals surface area contributed by atoms with Crippen LogP contribution in [0.25, 0.3) is 0 Å². The van der Waals surface area contributed by atoms with Gasteiger partial charge in [-0.25, -0.2) is 4.98 Å². The second kappa shape index (κ2) is 5.19. The van der Waals surface area contributed by atoms with Crippen LogP contribution < -0.4 is 10.6 Å². The van der Waals surface area contributed by atoms with Crippen LogP contribution in [-0.2, 0) is 12.8 Å². The highest BCUT2D eigenvalue weighted by molar-refractivity contribution is 8.00. The van der Waals surface area contributed by atoms with Gasteiger partial charge in [0.25, 0.3) is 0 Å². The molecule has 2 aliphatic rings. The first-order valence-corrected chi connectivity index (χ1v) is 8.57. The summed E-state index contributed by atoms with van der Waals surface area (Å²) in [5.74, 6) is 2.13. The van der Waals surface area contributed by atoms with Crippen molar-refractivity contribution in [3.63, 3.8) is 0 Å². The largest absolute Gasteiger partial charge is 0.389 e. The fourth-order valence-electron chi connectivity index (χ4n) is 3.08. The van der Waals surface area contributed by atoms with Gasteiger partial charge >= 0.3 is 0 Å². The van der Waals surface area contributed by atoms with E-state index >= 15 is 0 Å². The second-order valence-corrected chi connectivity index (χ2v) is 8.45. The van der Waals surface area contributed by atoms with E-state index in [0.29, 0.717) is 4.99 Å². The molecule has 0 unspecified atom stereocenters. The number of aryl methyl sites for hydroxylation is 2. The van der Waals surface area contributed by atoms with Crippen LogP contribution in [0.1, 0.15) is 37.1 Å². The number of anilines is 1. The summed E-state index contributed by atoms with van der Waals surface area (Å²) in [6.45, 7) is 6.60. The van der Waals surface area contributed by atoms with Gasteiger partial charge < -0.3 is 10.6 Å². The number of thiocarbonyl (C=S) groups is 1. The lowest BCUT2D eigenvalue weighted by atomic mass is 10.1. The number of nitrogens with two attached hydrogens (primary N) is 1. The maximum atomic E-state index is 5.94. The zero-order valence-electron chi connectivity index (χ0n) is 12.1. The van der Waals surface area contributed by atoms with Crippen LogP contribution in [-0.4, -0.2) is 33.6 Å². The molecule has 0 saturated carbocycles. The van der Waals surface area contributed by atoms with Crippen LogP contribution in [0.5, 0.6) is 0 Å². The Balaban J connectivity index is 2.01. The van der Waals surface area contributed by atoms with Crippen LogP contribution in [0.15, 0.2) is 6.07 Å². The van der Waals surface area contributed by atoms with Crippen molar-refractivity contribution in [1.29, 1.82) is 0 Å². The minimum absolute atomic E-state index is 0.256. The molecule has 1 aliphatic heterocycles. The molecule has 1 aliphatic carbocycles. The molecule has 5 heteroatoms. The molecule has 20 heavy (non-hydrogen) atoms. The number of aromatic nitrogens is 1. The molecule has 2 heterocycles. The first kappa shape index (κ1) is 14.1. The molecule has 0 amide bonds. The van der Waals surface area contributed by atoms with Crippen molar-refractivity contribution in [3.05, 3.63) is 22.9 Å². The molecular formula is C15H21N3S2. The molecule has 1 saturated heterocycles. The lowest BCUT2D eigenvalue weighted by Crippen LogP contribution is -2.44. The van der Waals surface area contributed by atoms with E-state index in [1.807, 2.05) is 11.8 Å². The molecule has 2 N–H and O–H groups in total. The molecular weight excluding hydrogens is 286 g/mol. The Labute approximate surface area is 130 Å². The number of nitrogens with zero attached hydrogens (tertiary/aromatic N) is 2. The van der Waals surface area contributed by atoms with Crippen molar-refractivity contribution in [2.45, 2.75) is 37.9 Å². The molecule has 3 nitrogen and oxygen atoms in total. The van der Waals surface area contributed by atoms with Crippen LogP contribution in [0, 0.1) is 0 Å². The van der Waals surface area contributed by atoms with Gasteiger partial charge in [0.2, 0.25) is 0 Å². The predicted octanol–water partition coefficient (Wildman–Crippen LogP) is 2.54. The van der Waals surface area contributed by atoms with Crippen molar-refractivity contribution >= 4 is 34.8 Å². The Bertz CT molecular complexity index is 554. The highest BCUT2D eigenvalue weighted by atomic mass is 32.2. The lowest BCUT2D eigenvalue weighted by Gasteiger charge is -2.39. The van der Waals surface area contributed by atoms with E-state index in [1.165, 1.54) is 17.7 Å². The van der Waals surface area contributed by atoms with Gasteiger partial charge in [-0.1, -0.05) is 12.2 Å². The first-order chi connectivity index (χ1) is 9.46. The highest BCUT2D eigenvalue weighted by Gasteiger charge is 2.30. The van der Waals surface area contributed by atoms with Crippen molar-refractivity contribution in [3.8, 4) is 0 Å². The Hall–Kier alpha value is -0.810. The van der Waals surface area contributed by atoms with Gasteiger partial charge in [-0.15, -0.1) is 0 Å². The van der Waals surface area contributed by atoms with Gasteiger partial charge in [-0.05, 0) is 44.7 Å². The van der Waals surface area contributed by atoms with Gasteiger partial charge in [0.05, 0.1) is 5.56 Å². The monoisotopic (exact) mass is 307 g/mol. The van der Waals surface area contributed by atoms with Crippen molar-refractivity contribution in [2.24, 2.45) is 5.73 Å². The van der Waals surface area contributed by atoms with Gasteiger partial charge in [0.1, 0.15) is 10.8 Å². The topological polar surface area (TPSA) is 42.2 Å². The molecule has 0 aromatic carbocycles. The minimum Gasteiger partial charge on any atom is -0.389 e. The van der Waals surface area contributed by atoms with Gasteiger partial charge in [0, 0.05) is 29.3 Å². The van der Waals surface area contributed by atoms with Crippen LogP contribution in [0.3, 0.4) is 0 Å². The van der Waals surface area contributed by atoms with E-state index in [0.717, 1.165) is 43.1 Å². The number of fused-ring (bicyclic) bond motifs is 1. The number of hydrogen-bond acceptors (Lipinski definition) is 4. The summed E-state index contributed by atoms with van der Waals surface area (Å²) in [5, 5.41) is 0. The Kier molecular flexibility index (Phi) is 3.67. The molecule has 1 fully saturated rings. The zero-order chi connectivity index (χ0) is 14.3. The summed E-state index contributed by atoms with van der Waals surface area (Å²) in [5.41, 5.74) is 9.49. The van der Waals surface area contributed by atoms with E-state index in [2.05, 4.69) is 24.8 Å². The van der Waals surface area contributed by atoms with E-state index in [1.54, 1.807) is 0 Å². The normalized spacial score (nSPS) is 20.8. The second-order valence-electron chi connectivity index (χ2n) is 6.21. The third-order valence-electron chi connectivity index (χ3n) is 4.02. The molecule has 3 rings (SSSR count). The number of rotatable bonds is 2. The van der Waals surface area contributed by atoms with Crippen LogP contribution in [0.2, 0.25) is 0 Å². The van der Waals surface area contributed by atoms with Crippen molar-refractivity contribution in [1.82, 2.24) is 4.98 Å². The van der Waals surface area contributed by atoms with Crippen molar-refractivity contribution in [2.75, 3.05) is 23.7 Å². The first-order valence-electron chi connectivity index (χ1n) is 7.18. The third kappa shape index (κ3) is 2.66. The Morgan fingerprint density at radius 1 is 1.45 bits per heavy atom. The van der Waals surface area contributed by atoms with Gasteiger partial charge in [-0.3, -0.25) is 0 Å². The number of hydrogen-bond donors (Lipinski definition) is 1. The highest BCUT2D eigenvalue weighted by Crippen LogP contribution is 2.34. The SMILES string of the molecule is CC1(C)CN(c2nc3c(cc2C(N)=S)CCC3)CCS1. The maximum Gasteiger partial charge on any atom is 0.139 e. The molecule has 0 radical (unpaired) electrons. The molecule has 0 atom stereocenters. The molecule has 1 aromatic heterocycles. The summed E-state index contributed by atoms with van der Waals surface area (Å²) in [6, 6.07) is 2.18. The Morgan fingerprint density at radius 3 is 2.95 bits per heavy atom. The standard InChI is InChI=1S/C15H21N3S2/c1-15(2)9-18(6-7-20-15)14-11(13(16)19)8-10-4-3-5-12(10)17-14/h8H,3-7,9H2,1-2H3,(H2,16,19). The van der Waals surface area contributed by atoms with E-state index in [-0.39, 0.29) is 4.75 Å². The molecule has 0 spiro atoms. The lowest BCUT2D eigenvalue weighted by molar-refractivity contribution is 0.641. The van der Waals surface area contributed by atoms with Crippen LogP contribution in [0.4, 0.5) is 5.82 Å². The summed E-state index contributed by atoms with van der Waals surface area (Å²) < 4.78 is 0.256. The average Bonchev–Trinajstić information content (AvgIpc) is 2.83. The summed E-state index contributed by atoms with van der Waals surface area (Å²) in [4.78, 5) is 7.75. The van der Waals surface area contributed by atoms with E-state index < -0.39 is 0 Å². The quantitative estimate of drug-likeness (QED) is 0.851. The summed E-state index contributed by atoms with van der Waals surface area (Å²) >= 11 is 7.28. The fourth-order valence-corrected chi connectivity index (χ4v) is 4.34.